The summed E-state index contributed by atoms with van der Waals surface area (Å²) in [5.74, 6) is 0. The summed E-state index contributed by atoms with van der Waals surface area (Å²) < 4.78 is 0.962. The van der Waals surface area contributed by atoms with Crippen molar-refractivity contribution in [1.82, 2.24) is 5.32 Å². The average Bonchev–Trinajstić information content (AvgIpc) is 2.47. The number of amides is 1. The molecule has 1 aromatic rings. The number of thiocarbonyl (C=S) groups is 1. The van der Waals surface area contributed by atoms with Gasteiger partial charge in [-0.25, -0.2) is 0 Å². The zero-order valence-corrected chi connectivity index (χ0v) is 9.72. The average molecular weight is 268 g/mol. The molecule has 1 N–H and O–H groups in total. The van der Waals surface area contributed by atoms with Crippen molar-refractivity contribution in [3.8, 4) is 0 Å². The van der Waals surface area contributed by atoms with Crippen LogP contribution in [0.5, 0.6) is 0 Å². The number of carbonyl (C=O) groups excluding carboxylic acids is 1. The van der Waals surface area contributed by atoms with Gasteiger partial charge >= 0.3 is 93.5 Å². The number of rotatable bonds is 1. The van der Waals surface area contributed by atoms with Gasteiger partial charge in [0.15, 0.2) is 0 Å². The fourth-order valence-corrected chi connectivity index (χ4v) is 3.09. The zero-order valence-electron chi connectivity index (χ0n) is 7.19. The van der Waals surface area contributed by atoms with Gasteiger partial charge in [-0.1, -0.05) is 0 Å². The molecule has 4 heteroatoms. The van der Waals surface area contributed by atoms with E-state index in [1.54, 1.807) is 0 Å². The maximum atomic E-state index is 11.0. The molecule has 0 saturated carbocycles. The molecule has 1 fully saturated rings. The third-order valence-corrected chi connectivity index (χ3v) is 4.09. The molecule has 0 aromatic heterocycles. The molecule has 1 aliphatic rings. The van der Waals surface area contributed by atoms with E-state index in [2.05, 4.69) is 5.32 Å². The molecule has 14 heavy (non-hydrogen) atoms. The first-order chi connectivity index (χ1) is 6.75. The topological polar surface area (TPSA) is 29.1 Å². The number of hydrogen-bond donors (Lipinski definition) is 1. The van der Waals surface area contributed by atoms with E-state index in [0.29, 0.717) is 4.99 Å². The Hall–Kier alpha value is -0.961. The van der Waals surface area contributed by atoms with E-state index in [1.165, 1.54) is 0 Å². The molecule has 1 aliphatic heterocycles. The van der Waals surface area contributed by atoms with E-state index in [1.807, 2.05) is 36.4 Å². The second-order valence-corrected chi connectivity index (χ2v) is 5.30. The number of benzene rings is 1. The zero-order chi connectivity index (χ0) is 9.97. The molecule has 2 rings (SSSR count). The van der Waals surface area contributed by atoms with Gasteiger partial charge < -0.3 is 0 Å². The Balaban J connectivity index is 2.28. The first-order valence-corrected chi connectivity index (χ1v) is 6.18. The van der Waals surface area contributed by atoms with Crippen LogP contribution in [-0.4, -0.2) is 24.8 Å². The Morgan fingerprint density at radius 3 is 2.57 bits per heavy atom. The Bertz CT molecular complexity index is 413. The van der Waals surface area contributed by atoms with Gasteiger partial charge in [0.25, 0.3) is 0 Å². The van der Waals surface area contributed by atoms with Crippen molar-refractivity contribution in [2.24, 2.45) is 0 Å². The molecule has 1 heterocycles. The van der Waals surface area contributed by atoms with Crippen LogP contribution in [-0.2, 0) is 0 Å². The second kappa shape index (κ2) is 4.05. The SMILES string of the molecule is O=C1NC(=S)C(=Cc2ccccc2)[Se]1. The summed E-state index contributed by atoms with van der Waals surface area (Å²) in [5, 5.41) is 2.64. The van der Waals surface area contributed by atoms with Crippen LogP contribution in [0.1, 0.15) is 5.56 Å². The fraction of sp³-hybridized carbons (Fsp3) is 0. The summed E-state index contributed by atoms with van der Waals surface area (Å²) in [6, 6.07) is 9.88. The molecule has 0 atom stereocenters. The van der Waals surface area contributed by atoms with Crippen LogP contribution in [0.2, 0.25) is 0 Å². The molecule has 0 spiro atoms. The van der Waals surface area contributed by atoms with Gasteiger partial charge in [-0.15, -0.1) is 0 Å². The van der Waals surface area contributed by atoms with Crippen LogP contribution in [0, 0.1) is 0 Å². The number of hydrogen-bond acceptors (Lipinski definition) is 2. The third-order valence-electron chi connectivity index (χ3n) is 1.74. The van der Waals surface area contributed by atoms with Crippen LogP contribution in [0.4, 0.5) is 4.79 Å². The summed E-state index contributed by atoms with van der Waals surface area (Å²) in [7, 11) is 0. The number of carbonyl (C=O) groups is 1. The van der Waals surface area contributed by atoms with Crippen LogP contribution in [0.25, 0.3) is 6.08 Å². The second-order valence-electron chi connectivity index (χ2n) is 2.76. The molecule has 1 saturated heterocycles. The van der Waals surface area contributed by atoms with Crippen molar-refractivity contribution in [2.75, 3.05) is 0 Å². The Morgan fingerprint density at radius 1 is 1.29 bits per heavy atom. The van der Waals surface area contributed by atoms with Crippen LogP contribution in [0.3, 0.4) is 0 Å². The summed E-state index contributed by atoms with van der Waals surface area (Å²) >= 11 is 4.87. The van der Waals surface area contributed by atoms with Gasteiger partial charge in [0.05, 0.1) is 0 Å². The van der Waals surface area contributed by atoms with Crippen molar-refractivity contribution in [2.45, 2.75) is 0 Å². The van der Waals surface area contributed by atoms with E-state index >= 15 is 0 Å². The standard InChI is InChI=1S/C10H7NOSSe/c12-10-11-9(13)8(14-10)6-7-4-2-1-3-5-7/h1-6H,(H,11,12,13). The quantitative estimate of drug-likeness (QED) is 0.478. The van der Waals surface area contributed by atoms with Crippen molar-refractivity contribution < 1.29 is 4.79 Å². The minimum atomic E-state index is -0.160. The molecule has 0 bridgehead atoms. The predicted octanol–water partition coefficient (Wildman–Crippen LogP) is 1.78. The Kier molecular flexibility index (Phi) is 2.77. The van der Waals surface area contributed by atoms with Crippen molar-refractivity contribution in [1.29, 1.82) is 0 Å². The van der Waals surface area contributed by atoms with Gasteiger partial charge in [0.2, 0.25) is 0 Å². The van der Waals surface area contributed by atoms with Gasteiger partial charge in [0.1, 0.15) is 0 Å². The molecule has 0 radical (unpaired) electrons. The Morgan fingerprint density at radius 2 is 2.00 bits per heavy atom. The van der Waals surface area contributed by atoms with Gasteiger partial charge in [0, 0.05) is 0 Å². The normalized spacial score (nSPS) is 18.7. The molecule has 0 aliphatic carbocycles. The summed E-state index contributed by atoms with van der Waals surface area (Å²) in [6.45, 7) is 0. The Labute approximate surface area is 93.5 Å². The molecule has 2 nitrogen and oxygen atoms in total. The third kappa shape index (κ3) is 2.10. The molecule has 70 valence electrons. The van der Waals surface area contributed by atoms with Crippen LogP contribution < -0.4 is 5.32 Å². The first kappa shape index (κ1) is 9.59. The molecule has 1 aromatic carbocycles. The van der Waals surface area contributed by atoms with Gasteiger partial charge in [-0.2, -0.15) is 0 Å². The molecule has 1 amide bonds. The van der Waals surface area contributed by atoms with E-state index < -0.39 is 0 Å². The van der Waals surface area contributed by atoms with Crippen molar-refractivity contribution in [3.63, 3.8) is 0 Å². The minimum absolute atomic E-state index is 0.0460. The number of nitrogens with one attached hydrogen (secondary N) is 1. The van der Waals surface area contributed by atoms with Crippen molar-refractivity contribution in [3.05, 3.63) is 40.4 Å². The van der Waals surface area contributed by atoms with Crippen molar-refractivity contribution >= 4 is 43.0 Å². The summed E-state index contributed by atoms with van der Waals surface area (Å²) in [6.07, 6.45) is 1.97. The first-order valence-electron chi connectivity index (χ1n) is 4.05. The van der Waals surface area contributed by atoms with Gasteiger partial charge in [-0.05, 0) is 0 Å². The van der Waals surface area contributed by atoms with Crippen LogP contribution in [0.15, 0.2) is 34.8 Å². The summed E-state index contributed by atoms with van der Waals surface area (Å²) in [5.41, 5.74) is 1.09. The molecular formula is C10H7NOSSe. The van der Waals surface area contributed by atoms with E-state index in [9.17, 15) is 4.79 Å². The van der Waals surface area contributed by atoms with Crippen LogP contribution >= 0.6 is 12.2 Å². The maximum absolute atomic E-state index is 11.0. The van der Waals surface area contributed by atoms with E-state index in [4.69, 9.17) is 12.2 Å². The van der Waals surface area contributed by atoms with E-state index in [0.717, 1.165) is 10.0 Å². The van der Waals surface area contributed by atoms with Gasteiger partial charge in [-0.3, -0.25) is 0 Å². The van der Waals surface area contributed by atoms with E-state index in [-0.39, 0.29) is 19.8 Å². The fourth-order valence-electron chi connectivity index (χ4n) is 1.12. The molecular weight excluding hydrogens is 261 g/mol. The monoisotopic (exact) mass is 269 g/mol. The predicted molar refractivity (Wildman–Crippen MR) is 61.3 cm³/mol. The summed E-state index contributed by atoms with van der Waals surface area (Å²) in [4.78, 5) is 11.7. The molecule has 0 unspecified atom stereocenters.